The topological polar surface area (TPSA) is 42.6 Å². The molecule has 1 N–H and O–H groups in total. The number of phenolic OH excluding ortho intramolecular Hbond substituents is 1. The van der Waals surface area contributed by atoms with E-state index < -0.39 is 0 Å². The molecule has 74 valence electrons. The van der Waals surface area contributed by atoms with E-state index in [1.165, 1.54) is 0 Å². The Hall–Kier alpha value is -1.48. The molecule has 3 heteroatoms. The van der Waals surface area contributed by atoms with Gasteiger partial charge < -0.3 is 14.3 Å². The molecule has 0 unspecified atom stereocenters. The lowest BCUT2D eigenvalue weighted by Crippen LogP contribution is -1.88. The fraction of sp³-hybridized carbons (Fsp3) is 0.273. The predicted octanol–water partition coefficient (Wildman–Crippen LogP) is 2.67. The van der Waals surface area contributed by atoms with Crippen molar-refractivity contribution in [3.63, 3.8) is 0 Å². The largest absolute Gasteiger partial charge is 0.504 e. The molecule has 14 heavy (non-hydrogen) atoms. The molecule has 1 aromatic heterocycles. The van der Waals surface area contributed by atoms with Crippen LogP contribution < -0.4 is 0 Å². The van der Waals surface area contributed by atoms with Crippen molar-refractivity contribution in [3.05, 3.63) is 30.0 Å². The molecule has 3 nitrogen and oxygen atoms in total. The van der Waals surface area contributed by atoms with Gasteiger partial charge in [-0.15, -0.1) is 0 Å². The molecule has 0 aliphatic carbocycles. The van der Waals surface area contributed by atoms with E-state index in [1.807, 2.05) is 19.1 Å². The van der Waals surface area contributed by atoms with Crippen molar-refractivity contribution >= 4 is 11.0 Å². The molecule has 0 fully saturated rings. The van der Waals surface area contributed by atoms with Gasteiger partial charge in [0.1, 0.15) is 12.4 Å². The maximum absolute atomic E-state index is 9.48. The molecule has 0 aliphatic heterocycles. The third kappa shape index (κ3) is 1.59. The molecule has 1 heterocycles. The summed E-state index contributed by atoms with van der Waals surface area (Å²) in [6.45, 7) is 3.04. The Morgan fingerprint density at radius 1 is 1.43 bits per heavy atom. The van der Waals surface area contributed by atoms with E-state index in [0.717, 1.165) is 11.1 Å². The highest BCUT2D eigenvalue weighted by Crippen LogP contribution is 2.27. The summed E-state index contributed by atoms with van der Waals surface area (Å²) < 4.78 is 10.6. The summed E-state index contributed by atoms with van der Waals surface area (Å²) >= 11 is 0. The second kappa shape index (κ2) is 3.72. The summed E-state index contributed by atoms with van der Waals surface area (Å²) in [4.78, 5) is 0. The Bertz CT molecular complexity index is 431. The number of fused-ring (bicyclic) bond motifs is 1. The van der Waals surface area contributed by atoms with Crippen LogP contribution in [0.2, 0.25) is 0 Å². The molecule has 0 amide bonds. The number of hydrogen-bond acceptors (Lipinski definition) is 3. The van der Waals surface area contributed by atoms with Gasteiger partial charge in [0, 0.05) is 12.0 Å². The first-order valence-corrected chi connectivity index (χ1v) is 4.59. The zero-order chi connectivity index (χ0) is 9.97. The number of para-hydroxylation sites is 1. The highest BCUT2D eigenvalue weighted by Gasteiger charge is 2.06. The van der Waals surface area contributed by atoms with E-state index in [1.54, 1.807) is 12.1 Å². The SMILES string of the molecule is CCOCc1cc2cccc(O)c2o1. The molecule has 0 bridgehead atoms. The van der Waals surface area contributed by atoms with Crippen LogP contribution in [0.5, 0.6) is 5.75 Å². The monoisotopic (exact) mass is 192 g/mol. The van der Waals surface area contributed by atoms with Gasteiger partial charge in [0.05, 0.1) is 0 Å². The van der Waals surface area contributed by atoms with Gasteiger partial charge in [-0.3, -0.25) is 0 Å². The van der Waals surface area contributed by atoms with Gasteiger partial charge in [0.15, 0.2) is 11.3 Å². The molecule has 0 spiro atoms. The minimum absolute atomic E-state index is 0.172. The average molecular weight is 192 g/mol. The van der Waals surface area contributed by atoms with Gasteiger partial charge in [-0.2, -0.15) is 0 Å². The summed E-state index contributed by atoms with van der Waals surface area (Å²) in [7, 11) is 0. The van der Waals surface area contributed by atoms with Crippen molar-refractivity contribution < 1.29 is 14.3 Å². The number of benzene rings is 1. The molecular formula is C11H12O3. The minimum atomic E-state index is 0.172. The number of aromatic hydroxyl groups is 1. The smallest absolute Gasteiger partial charge is 0.175 e. The Balaban J connectivity index is 2.36. The van der Waals surface area contributed by atoms with E-state index >= 15 is 0 Å². The molecule has 0 radical (unpaired) electrons. The number of phenols is 1. The lowest BCUT2D eigenvalue weighted by atomic mass is 10.2. The molecule has 0 aliphatic rings. The lowest BCUT2D eigenvalue weighted by Gasteiger charge is -1.95. The van der Waals surface area contributed by atoms with Crippen LogP contribution in [-0.4, -0.2) is 11.7 Å². The van der Waals surface area contributed by atoms with Gasteiger partial charge in [0.25, 0.3) is 0 Å². The fourth-order valence-electron chi connectivity index (χ4n) is 1.37. The van der Waals surface area contributed by atoms with E-state index in [-0.39, 0.29) is 5.75 Å². The van der Waals surface area contributed by atoms with Gasteiger partial charge >= 0.3 is 0 Å². The molecule has 0 saturated heterocycles. The van der Waals surface area contributed by atoms with Crippen LogP contribution in [0.25, 0.3) is 11.0 Å². The third-order valence-electron chi connectivity index (χ3n) is 2.02. The standard InChI is InChI=1S/C11H12O3/c1-2-13-7-9-6-8-4-3-5-10(12)11(8)14-9/h3-6,12H,2,7H2,1H3. The quantitative estimate of drug-likeness (QED) is 0.812. The first-order chi connectivity index (χ1) is 6.81. The Kier molecular flexibility index (Phi) is 2.41. The lowest BCUT2D eigenvalue weighted by molar-refractivity contribution is 0.119. The summed E-state index contributed by atoms with van der Waals surface area (Å²) in [6.07, 6.45) is 0. The zero-order valence-corrected chi connectivity index (χ0v) is 7.99. The summed E-state index contributed by atoms with van der Waals surface area (Å²) in [5, 5.41) is 10.4. The molecular weight excluding hydrogens is 180 g/mol. The highest BCUT2D eigenvalue weighted by atomic mass is 16.5. The third-order valence-corrected chi connectivity index (χ3v) is 2.02. The maximum atomic E-state index is 9.48. The van der Waals surface area contributed by atoms with E-state index in [4.69, 9.17) is 9.15 Å². The van der Waals surface area contributed by atoms with Crippen molar-refractivity contribution in [1.29, 1.82) is 0 Å². The van der Waals surface area contributed by atoms with Crippen LogP contribution in [0.4, 0.5) is 0 Å². The van der Waals surface area contributed by atoms with E-state index in [9.17, 15) is 5.11 Å². The predicted molar refractivity (Wildman–Crippen MR) is 53.2 cm³/mol. The van der Waals surface area contributed by atoms with Crippen LogP contribution in [-0.2, 0) is 11.3 Å². The summed E-state index contributed by atoms with van der Waals surface area (Å²) in [5.74, 6) is 0.911. The Labute approximate surface area is 81.9 Å². The van der Waals surface area contributed by atoms with Crippen molar-refractivity contribution in [2.45, 2.75) is 13.5 Å². The zero-order valence-electron chi connectivity index (χ0n) is 7.99. The maximum Gasteiger partial charge on any atom is 0.175 e. The molecule has 1 aromatic carbocycles. The average Bonchev–Trinajstić information content (AvgIpc) is 2.59. The number of ether oxygens (including phenoxy) is 1. The van der Waals surface area contributed by atoms with Crippen LogP contribution in [0.3, 0.4) is 0 Å². The van der Waals surface area contributed by atoms with Crippen LogP contribution >= 0.6 is 0 Å². The van der Waals surface area contributed by atoms with Crippen molar-refractivity contribution in [1.82, 2.24) is 0 Å². The Morgan fingerprint density at radius 2 is 2.29 bits per heavy atom. The van der Waals surface area contributed by atoms with Crippen LogP contribution in [0, 0.1) is 0 Å². The highest BCUT2D eigenvalue weighted by molar-refractivity contribution is 5.83. The second-order valence-electron chi connectivity index (χ2n) is 3.05. The normalized spacial score (nSPS) is 10.9. The fourth-order valence-corrected chi connectivity index (χ4v) is 1.37. The minimum Gasteiger partial charge on any atom is -0.504 e. The van der Waals surface area contributed by atoms with Crippen LogP contribution in [0.1, 0.15) is 12.7 Å². The van der Waals surface area contributed by atoms with E-state index in [2.05, 4.69) is 0 Å². The number of furan rings is 1. The second-order valence-corrected chi connectivity index (χ2v) is 3.05. The Morgan fingerprint density at radius 3 is 3.00 bits per heavy atom. The van der Waals surface area contributed by atoms with E-state index in [0.29, 0.717) is 18.8 Å². The molecule has 0 saturated carbocycles. The number of hydrogen-bond donors (Lipinski definition) is 1. The van der Waals surface area contributed by atoms with Gasteiger partial charge in [0.2, 0.25) is 0 Å². The van der Waals surface area contributed by atoms with Gasteiger partial charge in [-0.25, -0.2) is 0 Å². The molecule has 0 atom stereocenters. The van der Waals surface area contributed by atoms with Gasteiger partial charge in [-0.05, 0) is 19.1 Å². The van der Waals surface area contributed by atoms with Crippen molar-refractivity contribution in [3.8, 4) is 5.75 Å². The first-order valence-electron chi connectivity index (χ1n) is 4.59. The summed E-state index contributed by atoms with van der Waals surface area (Å²) in [6, 6.07) is 7.17. The van der Waals surface area contributed by atoms with Crippen molar-refractivity contribution in [2.75, 3.05) is 6.61 Å². The molecule has 2 aromatic rings. The number of rotatable bonds is 3. The van der Waals surface area contributed by atoms with Crippen molar-refractivity contribution in [2.24, 2.45) is 0 Å². The van der Waals surface area contributed by atoms with Crippen LogP contribution in [0.15, 0.2) is 28.7 Å². The van der Waals surface area contributed by atoms with Gasteiger partial charge in [-0.1, -0.05) is 12.1 Å². The summed E-state index contributed by atoms with van der Waals surface area (Å²) in [5.41, 5.74) is 0.530. The molecule has 2 rings (SSSR count). The first kappa shape index (κ1) is 9.09.